The fourth-order valence-corrected chi connectivity index (χ4v) is 5.08. The minimum Gasteiger partial charge on any atom is -0.462 e. The summed E-state index contributed by atoms with van der Waals surface area (Å²) in [5, 5.41) is 6.88. The number of fused-ring (bicyclic) bond motifs is 2. The van der Waals surface area contributed by atoms with Gasteiger partial charge in [-0.25, -0.2) is 19.7 Å². The lowest BCUT2D eigenvalue weighted by Crippen LogP contribution is -2.37. The molecule has 0 aliphatic carbocycles. The molecule has 11 nitrogen and oxygen atoms in total. The van der Waals surface area contributed by atoms with Crippen molar-refractivity contribution in [2.75, 3.05) is 50.1 Å². The molecule has 3 heterocycles. The van der Waals surface area contributed by atoms with Crippen molar-refractivity contribution in [1.29, 1.82) is 0 Å². The lowest BCUT2D eigenvalue weighted by Gasteiger charge is -2.26. The Kier molecular flexibility index (Phi) is 9.15. The normalized spacial score (nSPS) is 13.8. The fourth-order valence-electron chi connectivity index (χ4n) is 5.08. The number of carbonyl (C=O) groups excluding carboxylic acids is 2. The lowest BCUT2D eigenvalue weighted by molar-refractivity contribution is -0.138. The molecule has 1 aliphatic heterocycles. The number of nitrogens with one attached hydrogen (secondary N) is 2. The molecule has 44 heavy (non-hydrogen) atoms. The van der Waals surface area contributed by atoms with E-state index in [0.717, 1.165) is 74.0 Å². The molecule has 0 bridgehead atoms. The zero-order valence-electron chi connectivity index (χ0n) is 24.2. The van der Waals surface area contributed by atoms with Crippen LogP contribution in [0.4, 0.5) is 17.2 Å². The van der Waals surface area contributed by atoms with Gasteiger partial charge in [-0.3, -0.25) is 9.69 Å². The van der Waals surface area contributed by atoms with E-state index in [1.54, 1.807) is 18.2 Å². The number of carbonyl (C=O) groups is 2. The first-order valence-corrected chi connectivity index (χ1v) is 14.6. The quantitative estimate of drug-likeness (QED) is 0.130. The molecule has 0 radical (unpaired) electrons. The summed E-state index contributed by atoms with van der Waals surface area (Å²) in [7, 11) is 0. The number of hydrogen-bond acceptors (Lipinski definition) is 9. The van der Waals surface area contributed by atoms with E-state index in [-0.39, 0.29) is 0 Å². The Morgan fingerprint density at radius 3 is 2.61 bits per heavy atom. The summed E-state index contributed by atoms with van der Waals surface area (Å²) in [4.78, 5) is 40.3. The Balaban J connectivity index is 1.06. The van der Waals surface area contributed by atoms with Gasteiger partial charge in [-0.1, -0.05) is 30.3 Å². The summed E-state index contributed by atoms with van der Waals surface area (Å²) in [5.74, 6) is -0.412. The van der Waals surface area contributed by atoms with Crippen LogP contribution in [0, 0.1) is 0 Å². The molecule has 2 N–H and O–H groups in total. The van der Waals surface area contributed by atoms with Crippen molar-refractivity contribution >= 4 is 51.0 Å². The number of aromatic nitrogens is 4. The summed E-state index contributed by atoms with van der Waals surface area (Å²) in [6.45, 7) is 5.13. The van der Waals surface area contributed by atoms with Crippen LogP contribution in [0.15, 0.2) is 91.5 Å². The van der Waals surface area contributed by atoms with Crippen molar-refractivity contribution in [2.45, 2.75) is 13.0 Å². The second-order valence-corrected chi connectivity index (χ2v) is 10.4. The molecule has 3 aromatic carbocycles. The SMILES string of the molecule is O=C(/C=C/C(=O)OCCCN1CCOCC1)Nc1ccc2ncnc(Nc3ccc4c(c3)ncn4Cc3ccccc3)c2c1. The number of morpholine rings is 1. The van der Waals surface area contributed by atoms with Crippen LogP contribution in [0.5, 0.6) is 0 Å². The van der Waals surface area contributed by atoms with Crippen molar-refractivity contribution in [3.05, 3.63) is 97.1 Å². The molecule has 11 heteroatoms. The van der Waals surface area contributed by atoms with Crippen LogP contribution in [0.1, 0.15) is 12.0 Å². The van der Waals surface area contributed by atoms with Gasteiger partial charge in [0, 0.05) is 55.1 Å². The highest BCUT2D eigenvalue weighted by Gasteiger charge is 2.11. The van der Waals surface area contributed by atoms with Gasteiger partial charge in [0.1, 0.15) is 12.1 Å². The maximum Gasteiger partial charge on any atom is 0.330 e. The average molecular weight is 592 g/mol. The topological polar surface area (TPSA) is 124 Å². The molecule has 0 atom stereocenters. The third kappa shape index (κ3) is 7.44. The molecule has 1 saturated heterocycles. The predicted molar refractivity (Wildman–Crippen MR) is 169 cm³/mol. The first-order chi connectivity index (χ1) is 21.6. The van der Waals surface area contributed by atoms with Crippen molar-refractivity contribution < 1.29 is 19.1 Å². The Hall–Kier alpha value is -5.13. The van der Waals surface area contributed by atoms with Crippen LogP contribution in [0.2, 0.25) is 0 Å². The monoisotopic (exact) mass is 591 g/mol. The van der Waals surface area contributed by atoms with E-state index in [0.29, 0.717) is 23.6 Å². The van der Waals surface area contributed by atoms with Gasteiger partial charge in [0.2, 0.25) is 5.91 Å². The fraction of sp³-hybridized carbons (Fsp3) is 0.242. The Morgan fingerprint density at radius 1 is 0.909 bits per heavy atom. The number of ether oxygens (including phenoxy) is 2. The van der Waals surface area contributed by atoms with Crippen LogP contribution in [-0.4, -0.2) is 75.8 Å². The van der Waals surface area contributed by atoms with Gasteiger partial charge in [0.05, 0.1) is 42.7 Å². The highest BCUT2D eigenvalue weighted by Crippen LogP contribution is 2.27. The van der Waals surface area contributed by atoms with Gasteiger partial charge < -0.3 is 24.7 Å². The molecular weight excluding hydrogens is 558 g/mol. The van der Waals surface area contributed by atoms with E-state index >= 15 is 0 Å². The van der Waals surface area contributed by atoms with Gasteiger partial charge in [0.15, 0.2) is 0 Å². The van der Waals surface area contributed by atoms with E-state index in [1.807, 2.05) is 42.7 Å². The van der Waals surface area contributed by atoms with Crippen LogP contribution in [0.25, 0.3) is 21.9 Å². The zero-order valence-corrected chi connectivity index (χ0v) is 24.2. The van der Waals surface area contributed by atoms with E-state index < -0.39 is 11.9 Å². The molecule has 0 saturated carbocycles. The van der Waals surface area contributed by atoms with Crippen molar-refractivity contribution in [3.8, 4) is 0 Å². The van der Waals surface area contributed by atoms with E-state index in [4.69, 9.17) is 9.47 Å². The highest BCUT2D eigenvalue weighted by molar-refractivity contribution is 6.04. The van der Waals surface area contributed by atoms with Crippen LogP contribution >= 0.6 is 0 Å². The van der Waals surface area contributed by atoms with Gasteiger partial charge in [0.25, 0.3) is 0 Å². The number of hydrogen-bond donors (Lipinski definition) is 2. The molecule has 1 aliphatic rings. The summed E-state index contributed by atoms with van der Waals surface area (Å²) < 4.78 is 12.7. The molecule has 0 unspecified atom stereocenters. The smallest absolute Gasteiger partial charge is 0.330 e. The van der Waals surface area contributed by atoms with Gasteiger partial charge in [-0.15, -0.1) is 0 Å². The first-order valence-electron chi connectivity index (χ1n) is 14.6. The highest BCUT2D eigenvalue weighted by atomic mass is 16.5. The second kappa shape index (κ2) is 13.9. The van der Waals surface area contributed by atoms with Crippen molar-refractivity contribution in [2.24, 2.45) is 0 Å². The van der Waals surface area contributed by atoms with Crippen molar-refractivity contribution in [3.63, 3.8) is 0 Å². The lowest BCUT2D eigenvalue weighted by atomic mass is 10.2. The zero-order chi connectivity index (χ0) is 30.1. The molecule has 224 valence electrons. The maximum absolute atomic E-state index is 12.5. The number of benzene rings is 3. The molecular formula is C33H33N7O4. The van der Waals surface area contributed by atoms with E-state index in [9.17, 15) is 9.59 Å². The summed E-state index contributed by atoms with van der Waals surface area (Å²) >= 11 is 0. The van der Waals surface area contributed by atoms with Gasteiger partial charge in [-0.2, -0.15) is 0 Å². The van der Waals surface area contributed by atoms with Gasteiger partial charge >= 0.3 is 5.97 Å². The largest absolute Gasteiger partial charge is 0.462 e. The standard InChI is InChI=1S/C33H33N7O4/c41-31(11-12-32(42)44-16-4-13-39-14-17-43-18-15-39)37-25-7-9-28-27(19-25)33(35-22-34-28)38-26-8-10-30-29(20-26)36-23-40(30)21-24-5-2-1-3-6-24/h1-3,5-12,19-20,22-23H,4,13-18,21H2,(H,37,41)(H,34,35,38)/b12-11+. The first kappa shape index (κ1) is 29.0. The van der Waals surface area contributed by atoms with Crippen molar-refractivity contribution in [1.82, 2.24) is 24.4 Å². The Labute approximate surface area is 254 Å². The van der Waals surface area contributed by atoms with Crippen LogP contribution < -0.4 is 10.6 Å². The minimum atomic E-state index is -0.553. The molecule has 1 amide bonds. The minimum absolute atomic E-state index is 0.297. The maximum atomic E-state index is 12.5. The molecule has 6 rings (SSSR count). The number of rotatable bonds is 11. The Bertz CT molecular complexity index is 1780. The molecule has 0 spiro atoms. The number of esters is 1. The van der Waals surface area contributed by atoms with E-state index in [1.165, 1.54) is 18.0 Å². The number of amides is 1. The third-order valence-corrected chi connectivity index (χ3v) is 7.32. The summed E-state index contributed by atoms with van der Waals surface area (Å²) in [6, 6.07) is 21.6. The summed E-state index contributed by atoms with van der Waals surface area (Å²) in [5.41, 5.74) is 5.17. The number of anilines is 3. The summed E-state index contributed by atoms with van der Waals surface area (Å²) in [6.07, 6.45) is 6.37. The predicted octanol–water partition coefficient (Wildman–Crippen LogP) is 4.53. The molecule has 5 aromatic rings. The molecule has 1 fully saturated rings. The van der Waals surface area contributed by atoms with Crippen LogP contribution in [0.3, 0.4) is 0 Å². The number of imidazole rings is 1. The average Bonchev–Trinajstić information content (AvgIpc) is 3.45. The van der Waals surface area contributed by atoms with Gasteiger partial charge in [-0.05, 0) is 48.4 Å². The van der Waals surface area contributed by atoms with Crippen LogP contribution in [-0.2, 0) is 25.6 Å². The number of nitrogens with zero attached hydrogens (tertiary/aromatic N) is 5. The molecule has 2 aromatic heterocycles. The third-order valence-electron chi connectivity index (χ3n) is 7.32. The second-order valence-electron chi connectivity index (χ2n) is 10.4. The van der Waals surface area contributed by atoms with E-state index in [2.05, 4.69) is 47.2 Å². The Morgan fingerprint density at radius 2 is 1.75 bits per heavy atom.